The standard InChI is InChI=1S/C17H21NO3S3/c1-13-7-11-23-14(13)4-5-17(19)18-8-6-16(15-3-2-10-22-15)24(20,21)12-9-18/h2-3,7,10-11,16H,4-6,8-9,12H2,1H3/t16-/m0/s1. The van der Waals surface area contributed by atoms with E-state index in [0.717, 1.165) is 11.3 Å². The Kier molecular flexibility index (Phi) is 5.42. The van der Waals surface area contributed by atoms with Crippen LogP contribution in [-0.4, -0.2) is 38.1 Å². The highest BCUT2D eigenvalue weighted by Crippen LogP contribution is 2.32. The van der Waals surface area contributed by atoms with E-state index in [-0.39, 0.29) is 11.7 Å². The molecule has 2 aromatic heterocycles. The molecule has 0 radical (unpaired) electrons. The van der Waals surface area contributed by atoms with Crippen LogP contribution in [0.15, 0.2) is 29.0 Å². The van der Waals surface area contributed by atoms with Crippen molar-refractivity contribution in [2.24, 2.45) is 0 Å². The summed E-state index contributed by atoms with van der Waals surface area (Å²) in [6.07, 6.45) is 1.68. The Labute approximate surface area is 151 Å². The van der Waals surface area contributed by atoms with E-state index in [2.05, 4.69) is 13.0 Å². The minimum absolute atomic E-state index is 0.0549. The summed E-state index contributed by atoms with van der Waals surface area (Å²) in [6.45, 7) is 2.89. The highest BCUT2D eigenvalue weighted by atomic mass is 32.2. The fourth-order valence-corrected chi connectivity index (χ4v) is 6.94. The van der Waals surface area contributed by atoms with Crippen LogP contribution in [0.4, 0.5) is 0 Å². The lowest BCUT2D eigenvalue weighted by molar-refractivity contribution is -0.130. The van der Waals surface area contributed by atoms with E-state index in [0.29, 0.717) is 25.9 Å². The van der Waals surface area contributed by atoms with E-state index in [9.17, 15) is 13.2 Å². The zero-order valence-corrected chi connectivity index (χ0v) is 16.1. The van der Waals surface area contributed by atoms with Gasteiger partial charge >= 0.3 is 0 Å². The quantitative estimate of drug-likeness (QED) is 0.813. The number of amides is 1. The zero-order valence-electron chi connectivity index (χ0n) is 13.6. The first-order chi connectivity index (χ1) is 11.5. The molecule has 0 unspecified atom stereocenters. The Morgan fingerprint density at radius 1 is 1.25 bits per heavy atom. The maximum absolute atomic E-state index is 12.5. The van der Waals surface area contributed by atoms with Crippen LogP contribution in [0.3, 0.4) is 0 Å². The lowest BCUT2D eigenvalue weighted by Crippen LogP contribution is -2.33. The Morgan fingerprint density at radius 2 is 2.08 bits per heavy atom. The van der Waals surface area contributed by atoms with Gasteiger partial charge in [-0.3, -0.25) is 4.79 Å². The predicted octanol–water partition coefficient (Wildman–Crippen LogP) is 3.44. The van der Waals surface area contributed by atoms with Gasteiger partial charge < -0.3 is 4.90 Å². The fraction of sp³-hybridized carbons (Fsp3) is 0.471. The Balaban J connectivity index is 1.64. The third-order valence-corrected chi connectivity index (χ3v) is 8.81. The van der Waals surface area contributed by atoms with E-state index in [1.54, 1.807) is 16.2 Å². The molecule has 2 aromatic rings. The lowest BCUT2D eigenvalue weighted by Gasteiger charge is -2.19. The molecule has 0 bridgehead atoms. The van der Waals surface area contributed by atoms with Gasteiger partial charge in [-0.15, -0.1) is 22.7 Å². The summed E-state index contributed by atoms with van der Waals surface area (Å²) in [7, 11) is -3.20. The first-order valence-corrected chi connectivity index (χ1v) is 11.5. The Hall–Kier alpha value is -1.18. The van der Waals surface area contributed by atoms with Crippen LogP contribution in [0.1, 0.15) is 33.4 Å². The third-order valence-electron chi connectivity index (χ3n) is 4.49. The van der Waals surface area contributed by atoms with E-state index >= 15 is 0 Å². The van der Waals surface area contributed by atoms with Crippen molar-refractivity contribution in [2.75, 3.05) is 18.8 Å². The van der Waals surface area contributed by atoms with Gasteiger partial charge in [0, 0.05) is 29.3 Å². The number of aryl methyl sites for hydroxylation is 2. The number of nitrogens with zero attached hydrogens (tertiary/aromatic N) is 1. The van der Waals surface area contributed by atoms with Crippen molar-refractivity contribution in [3.63, 3.8) is 0 Å². The van der Waals surface area contributed by atoms with Gasteiger partial charge in [0.1, 0.15) is 0 Å². The number of carbonyl (C=O) groups excluding carboxylic acids is 1. The van der Waals surface area contributed by atoms with E-state index in [1.807, 2.05) is 22.9 Å². The molecule has 1 saturated heterocycles. The second-order valence-corrected chi connectivity index (χ2v) is 10.4. The topological polar surface area (TPSA) is 54.5 Å². The van der Waals surface area contributed by atoms with Gasteiger partial charge in [0.15, 0.2) is 9.84 Å². The summed E-state index contributed by atoms with van der Waals surface area (Å²) in [5, 5.41) is 3.48. The lowest BCUT2D eigenvalue weighted by atomic mass is 10.1. The van der Waals surface area contributed by atoms with E-state index in [4.69, 9.17) is 0 Å². The van der Waals surface area contributed by atoms with E-state index in [1.165, 1.54) is 21.8 Å². The van der Waals surface area contributed by atoms with Crippen LogP contribution < -0.4 is 0 Å². The summed E-state index contributed by atoms with van der Waals surface area (Å²) in [5.41, 5.74) is 1.23. The van der Waals surface area contributed by atoms with Crippen molar-refractivity contribution in [3.05, 3.63) is 44.3 Å². The average Bonchev–Trinajstić information content (AvgIpc) is 3.17. The number of sulfone groups is 1. The number of hydrogen-bond donors (Lipinski definition) is 0. The fourth-order valence-electron chi connectivity index (χ4n) is 3.03. The normalized spacial score (nSPS) is 20.7. The second kappa shape index (κ2) is 7.37. The van der Waals surface area contributed by atoms with Crippen LogP contribution >= 0.6 is 22.7 Å². The molecule has 0 aromatic carbocycles. The van der Waals surface area contributed by atoms with Gasteiger partial charge in [0.25, 0.3) is 0 Å². The number of carbonyl (C=O) groups is 1. The molecule has 130 valence electrons. The molecule has 4 nitrogen and oxygen atoms in total. The van der Waals surface area contributed by atoms with Gasteiger partial charge in [-0.05, 0) is 48.2 Å². The van der Waals surface area contributed by atoms with Crippen molar-refractivity contribution in [1.82, 2.24) is 4.90 Å². The van der Waals surface area contributed by atoms with Crippen molar-refractivity contribution >= 4 is 38.4 Å². The maximum atomic E-state index is 12.5. The SMILES string of the molecule is Cc1ccsc1CCC(=O)N1CC[C@@H](c2cccs2)S(=O)(=O)CC1. The van der Waals surface area contributed by atoms with Crippen LogP contribution in [0.2, 0.25) is 0 Å². The minimum atomic E-state index is -3.20. The number of rotatable bonds is 4. The number of thiophene rings is 2. The van der Waals surface area contributed by atoms with Crippen molar-refractivity contribution in [2.45, 2.75) is 31.4 Å². The molecule has 1 aliphatic rings. The Morgan fingerprint density at radius 3 is 2.75 bits per heavy atom. The largest absolute Gasteiger partial charge is 0.342 e. The summed E-state index contributed by atoms with van der Waals surface area (Å²) in [4.78, 5) is 16.4. The molecular weight excluding hydrogens is 362 g/mol. The van der Waals surface area contributed by atoms with Crippen LogP contribution in [0.25, 0.3) is 0 Å². The van der Waals surface area contributed by atoms with Gasteiger partial charge in [-0.1, -0.05) is 6.07 Å². The van der Waals surface area contributed by atoms with Gasteiger partial charge in [0.05, 0.1) is 11.0 Å². The van der Waals surface area contributed by atoms with Gasteiger partial charge in [-0.2, -0.15) is 0 Å². The van der Waals surface area contributed by atoms with Crippen molar-refractivity contribution < 1.29 is 13.2 Å². The predicted molar refractivity (Wildman–Crippen MR) is 99.4 cm³/mol. The molecule has 1 atom stereocenters. The molecule has 3 heterocycles. The van der Waals surface area contributed by atoms with Gasteiger partial charge in [0.2, 0.25) is 5.91 Å². The molecule has 7 heteroatoms. The molecule has 0 N–H and O–H groups in total. The molecule has 1 fully saturated rings. The molecule has 0 saturated carbocycles. The molecule has 1 amide bonds. The zero-order chi connectivity index (χ0) is 17.2. The van der Waals surface area contributed by atoms with E-state index < -0.39 is 15.1 Å². The second-order valence-electron chi connectivity index (χ2n) is 6.07. The molecule has 0 spiro atoms. The third kappa shape index (κ3) is 3.90. The first-order valence-electron chi connectivity index (χ1n) is 8.03. The summed E-state index contributed by atoms with van der Waals surface area (Å²) in [6, 6.07) is 5.82. The molecule has 1 aliphatic heterocycles. The Bertz CT molecular complexity index is 793. The summed E-state index contributed by atoms with van der Waals surface area (Å²) < 4.78 is 25.1. The molecule has 3 rings (SSSR count). The van der Waals surface area contributed by atoms with Crippen LogP contribution in [0.5, 0.6) is 0 Å². The maximum Gasteiger partial charge on any atom is 0.222 e. The van der Waals surface area contributed by atoms with Crippen LogP contribution in [-0.2, 0) is 21.1 Å². The highest BCUT2D eigenvalue weighted by molar-refractivity contribution is 7.91. The highest BCUT2D eigenvalue weighted by Gasteiger charge is 2.33. The number of hydrogen-bond acceptors (Lipinski definition) is 5. The minimum Gasteiger partial charge on any atom is -0.342 e. The van der Waals surface area contributed by atoms with Gasteiger partial charge in [-0.25, -0.2) is 8.42 Å². The molecule has 24 heavy (non-hydrogen) atoms. The summed E-state index contributed by atoms with van der Waals surface area (Å²) in [5.74, 6) is 0.115. The van der Waals surface area contributed by atoms with Crippen LogP contribution in [0, 0.1) is 6.92 Å². The molecule has 0 aliphatic carbocycles. The van der Waals surface area contributed by atoms with Crippen molar-refractivity contribution in [3.8, 4) is 0 Å². The monoisotopic (exact) mass is 383 g/mol. The first kappa shape index (κ1) is 17.6. The smallest absolute Gasteiger partial charge is 0.222 e. The summed E-state index contributed by atoms with van der Waals surface area (Å²) >= 11 is 3.15. The van der Waals surface area contributed by atoms with Crippen molar-refractivity contribution in [1.29, 1.82) is 0 Å². The average molecular weight is 384 g/mol. The molecular formula is C17H21NO3S3.